The fraction of sp³-hybridized carbons (Fsp3) is 0.455. The van der Waals surface area contributed by atoms with Crippen molar-refractivity contribution in [2.24, 2.45) is 5.92 Å². The van der Waals surface area contributed by atoms with E-state index in [4.69, 9.17) is 5.73 Å². The molecule has 0 aliphatic carbocycles. The number of sulfone groups is 1. The van der Waals surface area contributed by atoms with E-state index >= 15 is 0 Å². The summed E-state index contributed by atoms with van der Waals surface area (Å²) in [6, 6.07) is 5.10. The maximum absolute atomic E-state index is 11.9. The number of anilines is 1. The van der Waals surface area contributed by atoms with E-state index in [9.17, 15) is 8.42 Å². The molecule has 1 aromatic rings. The van der Waals surface area contributed by atoms with Crippen LogP contribution in [0.5, 0.6) is 0 Å². The molecule has 0 aliphatic rings. The number of para-hydroxylation sites is 1. The number of nitrogen functional groups attached to an aromatic ring is 1. The highest BCUT2D eigenvalue weighted by molar-refractivity contribution is 7.91. The van der Waals surface area contributed by atoms with Gasteiger partial charge in [0.1, 0.15) is 0 Å². The molecule has 0 spiro atoms. The van der Waals surface area contributed by atoms with E-state index in [0.717, 1.165) is 5.56 Å². The van der Waals surface area contributed by atoms with Crippen LogP contribution < -0.4 is 5.73 Å². The highest BCUT2D eigenvalue weighted by atomic mass is 32.2. The third-order valence-corrected chi connectivity index (χ3v) is 4.30. The van der Waals surface area contributed by atoms with E-state index in [1.807, 2.05) is 26.8 Å². The van der Waals surface area contributed by atoms with E-state index in [0.29, 0.717) is 5.69 Å². The maximum atomic E-state index is 11.9. The zero-order chi connectivity index (χ0) is 11.6. The van der Waals surface area contributed by atoms with Gasteiger partial charge in [0.25, 0.3) is 0 Å². The Morgan fingerprint density at radius 3 is 2.47 bits per heavy atom. The number of nitrogens with two attached hydrogens (primary N) is 1. The van der Waals surface area contributed by atoms with Crippen LogP contribution >= 0.6 is 0 Å². The minimum atomic E-state index is -3.24. The van der Waals surface area contributed by atoms with Crippen LogP contribution in [0.1, 0.15) is 19.4 Å². The first kappa shape index (κ1) is 12.0. The van der Waals surface area contributed by atoms with Crippen molar-refractivity contribution in [1.82, 2.24) is 0 Å². The minimum Gasteiger partial charge on any atom is -0.397 e. The smallest absolute Gasteiger partial charge is 0.180 e. The lowest BCUT2D eigenvalue weighted by molar-refractivity contribution is 0.582. The van der Waals surface area contributed by atoms with Gasteiger partial charge in [-0.25, -0.2) is 8.42 Å². The van der Waals surface area contributed by atoms with Gasteiger partial charge in [-0.1, -0.05) is 26.0 Å². The summed E-state index contributed by atoms with van der Waals surface area (Å²) in [4.78, 5) is 0.260. The van der Waals surface area contributed by atoms with Gasteiger partial charge < -0.3 is 5.73 Å². The Kier molecular flexibility index (Phi) is 3.39. The zero-order valence-corrected chi connectivity index (χ0v) is 10.1. The van der Waals surface area contributed by atoms with Gasteiger partial charge in [-0.3, -0.25) is 0 Å². The molecule has 0 aromatic heterocycles. The lowest BCUT2D eigenvalue weighted by Gasteiger charge is -2.10. The molecule has 0 fully saturated rings. The highest BCUT2D eigenvalue weighted by Gasteiger charge is 2.19. The average molecular weight is 227 g/mol. The molecule has 0 saturated heterocycles. The lowest BCUT2D eigenvalue weighted by Crippen LogP contribution is -2.14. The fourth-order valence-electron chi connectivity index (χ4n) is 1.45. The van der Waals surface area contributed by atoms with Crippen LogP contribution in [0.4, 0.5) is 5.69 Å². The van der Waals surface area contributed by atoms with Gasteiger partial charge in [-0.05, 0) is 24.5 Å². The van der Waals surface area contributed by atoms with Crippen LogP contribution in [0.15, 0.2) is 23.1 Å². The van der Waals surface area contributed by atoms with Gasteiger partial charge in [0.15, 0.2) is 9.84 Å². The molecule has 1 aromatic carbocycles. The molecule has 0 atom stereocenters. The fourth-order valence-corrected chi connectivity index (χ4v) is 3.29. The molecule has 1 rings (SSSR count). The topological polar surface area (TPSA) is 60.2 Å². The van der Waals surface area contributed by atoms with Crippen molar-refractivity contribution in [2.45, 2.75) is 25.7 Å². The van der Waals surface area contributed by atoms with Gasteiger partial charge in [0.05, 0.1) is 16.3 Å². The van der Waals surface area contributed by atoms with Gasteiger partial charge in [-0.15, -0.1) is 0 Å². The predicted octanol–water partition coefficient (Wildman–Crippen LogP) is 2.01. The summed E-state index contributed by atoms with van der Waals surface area (Å²) >= 11 is 0. The summed E-state index contributed by atoms with van der Waals surface area (Å²) < 4.78 is 23.9. The average Bonchev–Trinajstić information content (AvgIpc) is 2.07. The Hall–Kier alpha value is -1.03. The first-order valence-corrected chi connectivity index (χ1v) is 6.57. The molecule has 0 bridgehead atoms. The quantitative estimate of drug-likeness (QED) is 0.803. The van der Waals surface area contributed by atoms with Crippen LogP contribution in [0, 0.1) is 12.8 Å². The van der Waals surface area contributed by atoms with Gasteiger partial charge in [0.2, 0.25) is 0 Å². The van der Waals surface area contributed by atoms with Crippen molar-refractivity contribution in [2.75, 3.05) is 11.5 Å². The summed E-state index contributed by atoms with van der Waals surface area (Å²) in [7, 11) is -3.24. The maximum Gasteiger partial charge on any atom is 0.180 e. The van der Waals surface area contributed by atoms with E-state index in [1.54, 1.807) is 12.1 Å². The summed E-state index contributed by atoms with van der Waals surface area (Å²) in [5.41, 5.74) is 6.94. The molecule has 4 heteroatoms. The van der Waals surface area contributed by atoms with Gasteiger partial charge in [0, 0.05) is 0 Å². The lowest BCUT2D eigenvalue weighted by atomic mass is 10.2. The summed E-state index contributed by atoms with van der Waals surface area (Å²) in [5, 5.41) is 0. The Morgan fingerprint density at radius 2 is 1.93 bits per heavy atom. The first-order valence-electron chi connectivity index (χ1n) is 4.92. The second-order valence-corrected chi connectivity index (χ2v) is 6.16. The van der Waals surface area contributed by atoms with Crippen LogP contribution in [-0.4, -0.2) is 14.2 Å². The van der Waals surface area contributed by atoms with Crippen molar-refractivity contribution in [1.29, 1.82) is 0 Å². The standard InChI is InChI=1S/C11H17NO2S/c1-8(2)7-15(13,14)10-6-4-5-9(3)11(10)12/h4-6,8H,7,12H2,1-3H3. The predicted molar refractivity (Wildman–Crippen MR) is 62.5 cm³/mol. The van der Waals surface area contributed by atoms with E-state index in [2.05, 4.69) is 0 Å². The SMILES string of the molecule is Cc1cccc(S(=O)(=O)CC(C)C)c1N. The van der Waals surface area contributed by atoms with E-state index < -0.39 is 9.84 Å². The monoisotopic (exact) mass is 227 g/mol. The van der Waals surface area contributed by atoms with Gasteiger partial charge in [-0.2, -0.15) is 0 Å². The van der Waals surface area contributed by atoms with Crippen molar-refractivity contribution in [3.63, 3.8) is 0 Å². The Labute approximate surface area is 91.2 Å². The third kappa shape index (κ3) is 2.72. The van der Waals surface area contributed by atoms with E-state index in [1.165, 1.54) is 0 Å². The number of benzene rings is 1. The van der Waals surface area contributed by atoms with Crippen LogP contribution in [0.25, 0.3) is 0 Å². The summed E-state index contributed by atoms with van der Waals surface area (Å²) in [5.74, 6) is 0.246. The molecule has 0 radical (unpaired) electrons. The molecule has 15 heavy (non-hydrogen) atoms. The van der Waals surface area contributed by atoms with Crippen LogP contribution in [0.3, 0.4) is 0 Å². The molecule has 0 amide bonds. The normalized spacial score (nSPS) is 12.0. The molecule has 84 valence electrons. The van der Waals surface area contributed by atoms with Crippen LogP contribution in [0.2, 0.25) is 0 Å². The Bertz CT molecular complexity index is 450. The zero-order valence-electron chi connectivity index (χ0n) is 9.32. The molecule has 0 saturated carbocycles. The molecular weight excluding hydrogens is 210 g/mol. The van der Waals surface area contributed by atoms with Crippen molar-refractivity contribution >= 4 is 15.5 Å². The molecule has 3 nitrogen and oxygen atoms in total. The molecule has 0 heterocycles. The third-order valence-electron chi connectivity index (χ3n) is 2.17. The van der Waals surface area contributed by atoms with Crippen molar-refractivity contribution in [3.8, 4) is 0 Å². The van der Waals surface area contributed by atoms with E-state index in [-0.39, 0.29) is 16.6 Å². The summed E-state index contributed by atoms with van der Waals surface area (Å²) in [6.07, 6.45) is 0. The molecule has 2 N–H and O–H groups in total. The van der Waals surface area contributed by atoms with Crippen LogP contribution in [-0.2, 0) is 9.84 Å². The molecule has 0 aliphatic heterocycles. The Balaban J connectivity index is 3.22. The van der Waals surface area contributed by atoms with Crippen molar-refractivity contribution in [3.05, 3.63) is 23.8 Å². The largest absolute Gasteiger partial charge is 0.397 e. The van der Waals surface area contributed by atoms with Crippen molar-refractivity contribution < 1.29 is 8.42 Å². The van der Waals surface area contributed by atoms with Gasteiger partial charge >= 0.3 is 0 Å². The number of aryl methyl sites for hydroxylation is 1. The molecular formula is C11H17NO2S. The second kappa shape index (κ2) is 4.23. The Morgan fingerprint density at radius 1 is 1.33 bits per heavy atom. The number of hydrogen-bond acceptors (Lipinski definition) is 3. The molecule has 0 unspecified atom stereocenters. The summed E-state index contributed by atoms with van der Waals surface area (Å²) in [6.45, 7) is 5.57. The second-order valence-electron chi connectivity index (χ2n) is 4.16. The number of hydrogen-bond donors (Lipinski definition) is 1. The first-order chi connectivity index (χ1) is 6.84. The highest BCUT2D eigenvalue weighted by Crippen LogP contribution is 2.23. The number of rotatable bonds is 3. The minimum absolute atomic E-state index is 0.106.